The first kappa shape index (κ1) is 17.1. The van der Waals surface area contributed by atoms with Crippen molar-refractivity contribution in [2.75, 3.05) is 0 Å². The lowest BCUT2D eigenvalue weighted by Crippen LogP contribution is -1.83. The van der Waals surface area contributed by atoms with Gasteiger partial charge in [0.15, 0.2) is 5.58 Å². The van der Waals surface area contributed by atoms with Crippen LogP contribution in [-0.2, 0) is 0 Å². The van der Waals surface area contributed by atoms with Crippen molar-refractivity contribution in [2.24, 2.45) is 4.99 Å². The number of oxazole rings is 1. The van der Waals surface area contributed by atoms with E-state index in [9.17, 15) is 10.2 Å². The Hall–Kier alpha value is -3.31. The van der Waals surface area contributed by atoms with Crippen LogP contribution in [0, 0.1) is 6.92 Å². The monoisotopic (exact) mass is 378 g/mol. The van der Waals surface area contributed by atoms with Gasteiger partial charge in [0.1, 0.15) is 17.0 Å². The minimum absolute atomic E-state index is 0.00300. The molecule has 0 aliphatic heterocycles. The Morgan fingerprint density at radius 1 is 1.00 bits per heavy atom. The smallest absolute Gasteiger partial charge is 0.231 e. The number of hydrogen-bond donors (Lipinski definition) is 2. The van der Waals surface area contributed by atoms with Crippen LogP contribution in [0.15, 0.2) is 64.0 Å². The summed E-state index contributed by atoms with van der Waals surface area (Å²) in [7, 11) is 0. The Bertz CT molecular complexity index is 1180. The molecule has 5 nitrogen and oxygen atoms in total. The second kappa shape index (κ2) is 6.78. The Kier molecular flexibility index (Phi) is 4.30. The molecule has 0 bridgehead atoms. The molecule has 0 atom stereocenters. The van der Waals surface area contributed by atoms with E-state index in [1.807, 2.05) is 25.1 Å². The highest BCUT2D eigenvalue weighted by molar-refractivity contribution is 6.30. The molecular weight excluding hydrogens is 364 g/mol. The normalized spacial score (nSPS) is 11.5. The Balaban J connectivity index is 1.65. The lowest BCUT2D eigenvalue weighted by molar-refractivity contribution is 0.474. The fraction of sp³-hybridized carbons (Fsp3) is 0.0476. The number of hydrogen-bond acceptors (Lipinski definition) is 5. The maximum Gasteiger partial charge on any atom is 0.231 e. The molecule has 0 aliphatic rings. The van der Waals surface area contributed by atoms with Crippen molar-refractivity contribution < 1.29 is 14.6 Å². The molecule has 4 aromatic rings. The highest BCUT2D eigenvalue weighted by atomic mass is 35.5. The van der Waals surface area contributed by atoms with Crippen LogP contribution in [0.1, 0.15) is 11.1 Å². The summed E-state index contributed by atoms with van der Waals surface area (Å²) in [6.07, 6.45) is 1.48. The molecular formula is C21H15ClN2O3. The number of aromatic hydroxyl groups is 2. The van der Waals surface area contributed by atoms with Crippen LogP contribution in [0.4, 0.5) is 5.69 Å². The summed E-state index contributed by atoms with van der Waals surface area (Å²) in [6.45, 7) is 1.98. The molecule has 134 valence electrons. The quantitative estimate of drug-likeness (QED) is 0.453. The fourth-order valence-corrected chi connectivity index (χ4v) is 2.88. The van der Waals surface area contributed by atoms with Gasteiger partial charge in [0.2, 0.25) is 5.89 Å². The van der Waals surface area contributed by atoms with E-state index in [1.165, 1.54) is 18.3 Å². The molecule has 1 heterocycles. The molecule has 1 aromatic heterocycles. The van der Waals surface area contributed by atoms with Gasteiger partial charge in [-0.2, -0.15) is 0 Å². The number of rotatable bonds is 3. The van der Waals surface area contributed by atoms with Gasteiger partial charge in [-0.25, -0.2) is 4.98 Å². The summed E-state index contributed by atoms with van der Waals surface area (Å²) >= 11 is 5.93. The molecule has 0 fully saturated rings. The van der Waals surface area contributed by atoms with Crippen molar-refractivity contribution in [1.29, 1.82) is 0 Å². The third-order valence-corrected chi connectivity index (χ3v) is 4.33. The lowest BCUT2D eigenvalue weighted by atomic mass is 10.1. The first-order valence-corrected chi connectivity index (χ1v) is 8.60. The number of aliphatic imine (C=N–C) groups is 1. The summed E-state index contributed by atoms with van der Waals surface area (Å²) in [5.41, 5.74) is 3.95. The standard InChI is InChI=1S/C21H15ClN2O3/c1-12-2-6-17-20(8-12)27-21(24-17)16-5-4-15(10-19(16)26)23-11-13-9-14(22)3-7-18(13)25/h2-11,25-26H,1H3. The van der Waals surface area contributed by atoms with E-state index in [0.717, 1.165) is 11.1 Å². The van der Waals surface area contributed by atoms with Crippen molar-refractivity contribution in [2.45, 2.75) is 6.92 Å². The van der Waals surface area contributed by atoms with Crippen LogP contribution in [0.2, 0.25) is 5.02 Å². The number of aryl methyl sites for hydroxylation is 1. The van der Waals surface area contributed by atoms with E-state index >= 15 is 0 Å². The molecule has 0 spiro atoms. The molecule has 6 heteroatoms. The van der Waals surface area contributed by atoms with Gasteiger partial charge in [0.25, 0.3) is 0 Å². The number of fused-ring (bicyclic) bond motifs is 1. The third-order valence-electron chi connectivity index (χ3n) is 4.10. The zero-order valence-corrected chi connectivity index (χ0v) is 15.1. The molecule has 0 unspecified atom stereocenters. The van der Waals surface area contributed by atoms with E-state index in [-0.39, 0.29) is 11.5 Å². The number of phenols is 2. The molecule has 0 aliphatic carbocycles. The van der Waals surface area contributed by atoms with Crippen molar-refractivity contribution in [1.82, 2.24) is 4.98 Å². The van der Waals surface area contributed by atoms with Gasteiger partial charge in [0.05, 0.1) is 11.3 Å². The van der Waals surface area contributed by atoms with Crippen LogP contribution in [-0.4, -0.2) is 21.4 Å². The summed E-state index contributed by atoms with van der Waals surface area (Å²) < 4.78 is 5.76. The molecule has 2 N–H and O–H groups in total. The molecule has 3 aromatic carbocycles. The van der Waals surface area contributed by atoms with Crippen molar-refractivity contribution in [3.05, 3.63) is 70.7 Å². The third kappa shape index (κ3) is 3.50. The van der Waals surface area contributed by atoms with Crippen LogP contribution in [0.25, 0.3) is 22.6 Å². The fourth-order valence-electron chi connectivity index (χ4n) is 2.70. The van der Waals surface area contributed by atoms with Crippen LogP contribution in [0.3, 0.4) is 0 Å². The Morgan fingerprint density at radius 3 is 2.67 bits per heavy atom. The topological polar surface area (TPSA) is 78.9 Å². The molecule has 0 amide bonds. The van der Waals surface area contributed by atoms with E-state index < -0.39 is 0 Å². The second-order valence-electron chi connectivity index (χ2n) is 6.15. The van der Waals surface area contributed by atoms with Gasteiger partial charge < -0.3 is 14.6 Å². The molecule has 0 saturated heterocycles. The summed E-state index contributed by atoms with van der Waals surface area (Å²) in [4.78, 5) is 8.69. The molecule has 27 heavy (non-hydrogen) atoms. The predicted octanol–water partition coefficient (Wildman–Crippen LogP) is 5.62. The molecule has 0 radical (unpaired) electrons. The number of halogens is 1. The summed E-state index contributed by atoms with van der Waals surface area (Å²) in [5, 5.41) is 20.7. The van der Waals surface area contributed by atoms with Crippen LogP contribution < -0.4 is 0 Å². The largest absolute Gasteiger partial charge is 0.507 e. The van der Waals surface area contributed by atoms with Crippen LogP contribution >= 0.6 is 11.6 Å². The molecule has 4 rings (SSSR count). The van der Waals surface area contributed by atoms with Gasteiger partial charge in [-0.15, -0.1) is 0 Å². The number of aromatic nitrogens is 1. The number of nitrogens with zero attached hydrogens (tertiary/aromatic N) is 2. The van der Waals surface area contributed by atoms with Gasteiger partial charge in [-0.05, 0) is 55.0 Å². The van der Waals surface area contributed by atoms with Gasteiger partial charge >= 0.3 is 0 Å². The Morgan fingerprint density at radius 2 is 1.85 bits per heavy atom. The maximum atomic E-state index is 10.4. The van der Waals surface area contributed by atoms with Gasteiger partial charge in [-0.1, -0.05) is 17.7 Å². The number of benzene rings is 3. The van der Waals surface area contributed by atoms with E-state index in [0.29, 0.717) is 33.3 Å². The van der Waals surface area contributed by atoms with Crippen LogP contribution in [0.5, 0.6) is 11.5 Å². The molecule has 0 saturated carbocycles. The van der Waals surface area contributed by atoms with E-state index in [2.05, 4.69) is 9.98 Å². The summed E-state index contributed by atoms with van der Waals surface area (Å²) in [5.74, 6) is 0.421. The first-order chi connectivity index (χ1) is 13.0. The minimum Gasteiger partial charge on any atom is -0.507 e. The van der Waals surface area contributed by atoms with Crippen molar-refractivity contribution >= 4 is 34.6 Å². The van der Waals surface area contributed by atoms with E-state index in [1.54, 1.807) is 24.3 Å². The minimum atomic E-state index is 0.00300. The SMILES string of the molecule is Cc1ccc2nc(-c3ccc(N=Cc4cc(Cl)ccc4O)cc3O)oc2c1. The average Bonchev–Trinajstić information content (AvgIpc) is 3.05. The highest BCUT2D eigenvalue weighted by Crippen LogP contribution is 2.34. The van der Waals surface area contributed by atoms with Crippen molar-refractivity contribution in [3.8, 4) is 23.0 Å². The number of phenolic OH excluding ortho intramolecular Hbond substituents is 2. The van der Waals surface area contributed by atoms with Gasteiger partial charge in [0, 0.05) is 22.9 Å². The first-order valence-electron chi connectivity index (χ1n) is 8.23. The Labute approximate surface area is 160 Å². The zero-order chi connectivity index (χ0) is 19.0. The van der Waals surface area contributed by atoms with E-state index in [4.69, 9.17) is 16.0 Å². The zero-order valence-electron chi connectivity index (χ0n) is 14.3. The summed E-state index contributed by atoms with van der Waals surface area (Å²) in [6, 6.07) is 15.4. The van der Waals surface area contributed by atoms with Gasteiger partial charge in [-0.3, -0.25) is 4.99 Å². The lowest BCUT2D eigenvalue weighted by Gasteiger charge is -2.02. The predicted molar refractivity (Wildman–Crippen MR) is 106 cm³/mol. The average molecular weight is 379 g/mol. The highest BCUT2D eigenvalue weighted by Gasteiger charge is 2.13. The van der Waals surface area contributed by atoms with Crippen molar-refractivity contribution in [3.63, 3.8) is 0 Å². The second-order valence-corrected chi connectivity index (χ2v) is 6.59. The maximum absolute atomic E-state index is 10.4.